The van der Waals surface area contributed by atoms with E-state index in [0.29, 0.717) is 48.0 Å². The van der Waals surface area contributed by atoms with Crippen LogP contribution in [0.25, 0.3) is 0 Å². The first kappa shape index (κ1) is 25.1. The summed E-state index contributed by atoms with van der Waals surface area (Å²) in [5, 5.41) is 5.72. The molecule has 1 heterocycles. The van der Waals surface area contributed by atoms with Gasteiger partial charge in [-0.25, -0.2) is 0 Å². The summed E-state index contributed by atoms with van der Waals surface area (Å²) in [5.74, 6) is 0.461. The topological polar surface area (TPSA) is 97.0 Å². The van der Waals surface area contributed by atoms with Crippen molar-refractivity contribution in [2.24, 2.45) is 5.92 Å². The molecule has 1 aliphatic heterocycles. The van der Waals surface area contributed by atoms with Gasteiger partial charge in [-0.2, -0.15) is 0 Å². The SMILES string of the molecule is CCOc1ccc(C(=O)NC(C(=O)Nc2ccc(OC)c(N3CCCCC3=O)c2)C(C)C)cc1. The van der Waals surface area contributed by atoms with E-state index < -0.39 is 6.04 Å². The molecule has 3 amide bonds. The highest BCUT2D eigenvalue weighted by molar-refractivity contribution is 6.02. The molecule has 1 atom stereocenters. The maximum atomic E-state index is 13.1. The lowest BCUT2D eigenvalue weighted by Gasteiger charge is -2.28. The fraction of sp³-hybridized carbons (Fsp3) is 0.423. The van der Waals surface area contributed by atoms with Crippen molar-refractivity contribution in [2.75, 3.05) is 30.5 Å². The van der Waals surface area contributed by atoms with Crippen LogP contribution < -0.4 is 25.0 Å². The van der Waals surface area contributed by atoms with Crippen molar-refractivity contribution in [2.45, 2.75) is 46.1 Å². The Hall–Kier alpha value is -3.55. The average Bonchev–Trinajstić information content (AvgIpc) is 2.83. The first-order valence-electron chi connectivity index (χ1n) is 11.7. The molecule has 0 bridgehead atoms. The maximum absolute atomic E-state index is 13.1. The van der Waals surface area contributed by atoms with E-state index in [9.17, 15) is 14.4 Å². The van der Waals surface area contributed by atoms with Gasteiger partial charge < -0.3 is 25.0 Å². The van der Waals surface area contributed by atoms with Gasteiger partial charge in [-0.1, -0.05) is 13.8 Å². The second kappa shape index (κ2) is 11.5. The Morgan fingerprint density at radius 3 is 2.44 bits per heavy atom. The number of amides is 3. The smallest absolute Gasteiger partial charge is 0.251 e. The summed E-state index contributed by atoms with van der Waals surface area (Å²) in [6.07, 6.45) is 2.28. The third kappa shape index (κ3) is 6.07. The minimum absolute atomic E-state index is 0.0377. The number of carbonyl (C=O) groups is 3. The Balaban J connectivity index is 1.74. The largest absolute Gasteiger partial charge is 0.495 e. The molecule has 0 aromatic heterocycles. The third-order valence-corrected chi connectivity index (χ3v) is 5.72. The molecule has 8 nitrogen and oxygen atoms in total. The molecular weight excluding hydrogens is 434 g/mol. The number of nitrogens with zero attached hydrogens (tertiary/aromatic N) is 1. The summed E-state index contributed by atoms with van der Waals surface area (Å²) in [6, 6.07) is 11.2. The Morgan fingerprint density at radius 1 is 1.09 bits per heavy atom. The van der Waals surface area contributed by atoms with Gasteiger partial charge in [-0.3, -0.25) is 14.4 Å². The summed E-state index contributed by atoms with van der Waals surface area (Å²) in [7, 11) is 1.55. The number of piperidine rings is 1. The molecule has 0 saturated carbocycles. The number of rotatable bonds is 9. The van der Waals surface area contributed by atoms with E-state index >= 15 is 0 Å². The molecular formula is C26H33N3O5. The van der Waals surface area contributed by atoms with E-state index in [0.717, 1.165) is 12.8 Å². The van der Waals surface area contributed by atoms with Crippen LogP contribution in [0.4, 0.5) is 11.4 Å². The van der Waals surface area contributed by atoms with Crippen LogP contribution in [0, 0.1) is 5.92 Å². The first-order valence-corrected chi connectivity index (χ1v) is 11.7. The van der Waals surface area contributed by atoms with Gasteiger partial charge >= 0.3 is 0 Å². The van der Waals surface area contributed by atoms with Crippen molar-refractivity contribution in [3.8, 4) is 11.5 Å². The molecule has 0 aliphatic carbocycles. The zero-order valence-corrected chi connectivity index (χ0v) is 20.2. The molecule has 8 heteroatoms. The number of methoxy groups -OCH3 is 1. The van der Waals surface area contributed by atoms with Gasteiger partial charge in [0.25, 0.3) is 5.91 Å². The number of anilines is 2. The lowest BCUT2D eigenvalue weighted by molar-refractivity contribution is -0.120. The van der Waals surface area contributed by atoms with Crippen LogP contribution in [0.5, 0.6) is 11.5 Å². The van der Waals surface area contributed by atoms with Crippen LogP contribution in [0.3, 0.4) is 0 Å². The highest BCUT2D eigenvalue weighted by Gasteiger charge is 2.26. The van der Waals surface area contributed by atoms with Crippen LogP contribution in [-0.4, -0.2) is 44.0 Å². The molecule has 2 N–H and O–H groups in total. The highest BCUT2D eigenvalue weighted by atomic mass is 16.5. The molecule has 1 saturated heterocycles. The highest BCUT2D eigenvalue weighted by Crippen LogP contribution is 2.33. The van der Waals surface area contributed by atoms with Gasteiger partial charge in [0.05, 0.1) is 19.4 Å². The van der Waals surface area contributed by atoms with Crippen LogP contribution in [0.15, 0.2) is 42.5 Å². The van der Waals surface area contributed by atoms with Crippen molar-refractivity contribution in [3.63, 3.8) is 0 Å². The zero-order valence-electron chi connectivity index (χ0n) is 20.2. The number of ether oxygens (including phenoxy) is 2. The second-order valence-corrected chi connectivity index (χ2v) is 8.53. The molecule has 3 rings (SSSR count). The number of hydrogen-bond donors (Lipinski definition) is 2. The Bertz CT molecular complexity index is 1020. The fourth-order valence-electron chi connectivity index (χ4n) is 3.89. The van der Waals surface area contributed by atoms with Crippen molar-refractivity contribution in [1.29, 1.82) is 0 Å². The Labute approximate surface area is 200 Å². The predicted molar refractivity (Wildman–Crippen MR) is 132 cm³/mol. The molecule has 1 fully saturated rings. The van der Waals surface area contributed by atoms with Crippen LogP contribution in [0.2, 0.25) is 0 Å². The normalized spacial score (nSPS) is 14.5. The van der Waals surface area contributed by atoms with E-state index in [-0.39, 0.29) is 23.6 Å². The summed E-state index contributed by atoms with van der Waals surface area (Å²) < 4.78 is 10.9. The molecule has 1 aliphatic rings. The molecule has 34 heavy (non-hydrogen) atoms. The number of nitrogens with one attached hydrogen (secondary N) is 2. The van der Waals surface area contributed by atoms with E-state index in [2.05, 4.69) is 10.6 Å². The van der Waals surface area contributed by atoms with E-state index in [1.165, 1.54) is 0 Å². The minimum Gasteiger partial charge on any atom is -0.495 e. The minimum atomic E-state index is -0.749. The number of carbonyl (C=O) groups excluding carboxylic acids is 3. The molecule has 0 spiro atoms. The summed E-state index contributed by atoms with van der Waals surface area (Å²) in [5.41, 5.74) is 1.60. The van der Waals surface area contributed by atoms with Crippen molar-refractivity contribution < 1.29 is 23.9 Å². The molecule has 2 aromatic rings. The van der Waals surface area contributed by atoms with E-state index in [1.807, 2.05) is 20.8 Å². The van der Waals surface area contributed by atoms with Crippen LogP contribution >= 0.6 is 0 Å². The zero-order chi connectivity index (χ0) is 24.7. The van der Waals surface area contributed by atoms with Gasteiger partial charge in [-0.15, -0.1) is 0 Å². The van der Waals surface area contributed by atoms with E-state index in [1.54, 1.807) is 54.5 Å². The van der Waals surface area contributed by atoms with Crippen molar-refractivity contribution >= 4 is 29.1 Å². The number of benzene rings is 2. The molecule has 0 radical (unpaired) electrons. The number of hydrogen-bond acceptors (Lipinski definition) is 5. The Kier molecular flexibility index (Phi) is 8.51. The standard InChI is InChI=1S/C26H33N3O5/c1-5-34-20-12-9-18(10-13-20)25(31)28-24(17(2)3)26(32)27-19-11-14-22(33-4)21(16-19)29-15-7-6-8-23(29)30/h9-14,16-17,24H,5-8,15H2,1-4H3,(H,27,32)(H,28,31). The average molecular weight is 468 g/mol. The lowest BCUT2D eigenvalue weighted by atomic mass is 10.0. The van der Waals surface area contributed by atoms with Gasteiger partial charge in [0, 0.05) is 24.2 Å². The quantitative estimate of drug-likeness (QED) is 0.581. The first-order chi connectivity index (χ1) is 16.3. The maximum Gasteiger partial charge on any atom is 0.251 e. The van der Waals surface area contributed by atoms with Crippen molar-refractivity contribution in [1.82, 2.24) is 5.32 Å². The van der Waals surface area contributed by atoms with Gasteiger partial charge in [0.1, 0.15) is 17.5 Å². The Morgan fingerprint density at radius 2 is 1.82 bits per heavy atom. The summed E-state index contributed by atoms with van der Waals surface area (Å²) in [6.45, 7) is 6.78. The third-order valence-electron chi connectivity index (χ3n) is 5.72. The summed E-state index contributed by atoms with van der Waals surface area (Å²) in [4.78, 5) is 40.0. The lowest BCUT2D eigenvalue weighted by Crippen LogP contribution is -2.47. The van der Waals surface area contributed by atoms with E-state index in [4.69, 9.17) is 9.47 Å². The fourth-order valence-corrected chi connectivity index (χ4v) is 3.89. The van der Waals surface area contributed by atoms with Gasteiger partial charge in [0.15, 0.2) is 0 Å². The molecule has 182 valence electrons. The second-order valence-electron chi connectivity index (χ2n) is 8.53. The van der Waals surface area contributed by atoms with Crippen LogP contribution in [0.1, 0.15) is 50.4 Å². The predicted octanol–water partition coefficient (Wildman–Crippen LogP) is 4.00. The van der Waals surface area contributed by atoms with Crippen molar-refractivity contribution in [3.05, 3.63) is 48.0 Å². The van der Waals surface area contributed by atoms with Gasteiger partial charge in [0.2, 0.25) is 11.8 Å². The molecule has 2 aromatic carbocycles. The summed E-state index contributed by atoms with van der Waals surface area (Å²) >= 11 is 0. The monoisotopic (exact) mass is 467 g/mol. The van der Waals surface area contributed by atoms with Gasteiger partial charge in [-0.05, 0) is 68.1 Å². The van der Waals surface area contributed by atoms with Crippen LogP contribution in [-0.2, 0) is 9.59 Å². The molecule has 1 unspecified atom stereocenters.